The SMILES string of the molecule is CC[C@H](Oc1ccccc1Cl)C(=O)N[C@@H](C)c1ccc2c(c1)CCC2. The maximum Gasteiger partial charge on any atom is 0.261 e. The summed E-state index contributed by atoms with van der Waals surface area (Å²) in [6, 6.07) is 13.7. The van der Waals surface area contributed by atoms with E-state index < -0.39 is 6.10 Å². The number of halogens is 1. The Bertz CT molecular complexity index is 759. The first-order chi connectivity index (χ1) is 12.1. The summed E-state index contributed by atoms with van der Waals surface area (Å²) in [6.07, 6.45) is 3.55. The highest BCUT2D eigenvalue weighted by atomic mass is 35.5. The minimum Gasteiger partial charge on any atom is -0.479 e. The van der Waals surface area contributed by atoms with Crippen LogP contribution in [0.4, 0.5) is 0 Å². The van der Waals surface area contributed by atoms with Crippen molar-refractivity contribution in [2.45, 2.75) is 51.7 Å². The Morgan fingerprint density at radius 1 is 1.20 bits per heavy atom. The van der Waals surface area contributed by atoms with Crippen molar-refractivity contribution in [1.29, 1.82) is 0 Å². The average Bonchev–Trinajstić information content (AvgIpc) is 3.08. The fourth-order valence-corrected chi connectivity index (χ4v) is 3.45. The number of rotatable bonds is 6. The summed E-state index contributed by atoms with van der Waals surface area (Å²) < 4.78 is 5.82. The zero-order valence-electron chi connectivity index (χ0n) is 14.7. The van der Waals surface area contributed by atoms with Crippen LogP contribution in [0.5, 0.6) is 5.75 Å². The van der Waals surface area contributed by atoms with Gasteiger partial charge in [-0.2, -0.15) is 0 Å². The van der Waals surface area contributed by atoms with Gasteiger partial charge in [0.25, 0.3) is 5.91 Å². The zero-order chi connectivity index (χ0) is 17.8. The Morgan fingerprint density at radius 3 is 2.72 bits per heavy atom. The van der Waals surface area contributed by atoms with Gasteiger partial charge < -0.3 is 10.1 Å². The van der Waals surface area contributed by atoms with Crippen molar-refractivity contribution in [1.82, 2.24) is 5.32 Å². The lowest BCUT2D eigenvalue weighted by atomic mass is 10.0. The van der Waals surface area contributed by atoms with Crippen molar-refractivity contribution in [3.8, 4) is 5.75 Å². The normalized spacial score (nSPS) is 15.3. The lowest BCUT2D eigenvalue weighted by Crippen LogP contribution is -2.39. The molecule has 1 aliphatic carbocycles. The summed E-state index contributed by atoms with van der Waals surface area (Å²) in [7, 11) is 0. The van der Waals surface area contributed by atoms with Crippen molar-refractivity contribution in [3.05, 3.63) is 64.2 Å². The first kappa shape index (κ1) is 17.8. The first-order valence-electron chi connectivity index (χ1n) is 8.91. The summed E-state index contributed by atoms with van der Waals surface area (Å²) in [5, 5.41) is 3.59. The molecule has 0 saturated heterocycles. The van der Waals surface area contributed by atoms with E-state index in [4.69, 9.17) is 16.3 Å². The number of hydrogen-bond acceptors (Lipinski definition) is 2. The first-order valence-corrected chi connectivity index (χ1v) is 9.29. The molecule has 0 fully saturated rings. The molecule has 0 radical (unpaired) electrons. The van der Waals surface area contributed by atoms with Gasteiger partial charge in [0.15, 0.2) is 6.10 Å². The highest BCUT2D eigenvalue weighted by Gasteiger charge is 2.22. The van der Waals surface area contributed by atoms with Crippen molar-refractivity contribution < 1.29 is 9.53 Å². The number of aryl methyl sites for hydroxylation is 2. The third-order valence-electron chi connectivity index (χ3n) is 4.75. The molecule has 4 heteroatoms. The third kappa shape index (κ3) is 4.16. The number of fused-ring (bicyclic) bond motifs is 1. The van der Waals surface area contributed by atoms with E-state index in [0.717, 1.165) is 12.0 Å². The number of amides is 1. The van der Waals surface area contributed by atoms with Gasteiger partial charge in [-0.05, 0) is 61.4 Å². The fraction of sp³-hybridized carbons (Fsp3) is 0.381. The number of carbonyl (C=O) groups is 1. The second kappa shape index (κ2) is 7.92. The molecule has 25 heavy (non-hydrogen) atoms. The van der Waals surface area contributed by atoms with Crippen LogP contribution in [-0.2, 0) is 17.6 Å². The molecule has 3 rings (SSSR count). The van der Waals surface area contributed by atoms with E-state index in [9.17, 15) is 4.79 Å². The zero-order valence-corrected chi connectivity index (χ0v) is 15.5. The average molecular weight is 358 g/mol. The second-order valence-electron chi connectivity index (χ2n) is 6.56. The predicted molar refractivity (Wildman–Crippen MR) is 101 cm³/mol. The molecule has 0 saturated carbocycles. The van der Waals surface area contributed by atoms with Crippen LogP contribution < -0.4 is 10.1 Å². The number of hydrogen-bond donors (Lipinski definition) is 1. The van der Waals surface area contributed by atoms with E-state index >= 15 is 0 Å². The van der Waals surface area contributed by atoms with Crippen molar-refractivity contribution in [2.24, 2.45) is 0 Å². The van der Waals surface area contributed by atoms with Crippen LogP contribution in [0, 0.1) is 0 Å². The molecule has 0 spiro atoms. The second-order valence-corrected chi connectivity index (χ2v) is 6.96. The van der Waals surface area contributed by atoms with Crippen LogP contribution in [-0.4, -0.2) is 12.0 Å². The molecule has 2 aromatic carbocycles. The molecule has 0 aromatic heterocycles. The fourth-order valence-electron chi connectivity index (χ4n) is 3.27. The number of carbonyl (C=O) groups excluding carboxylic acids is 1. The molecule has 0 unspecified atom stereocenters. The Morgan fingerprint density at radius 2 is 1.96 bits per heavy atom. The molecule has 2 atom stereocenters. The van der Waals surface area contributed by atoms with Crippen LogP contribution in [0.1, 0.15) is 49.4 Å². The minimum absolute atomic E-state index is 0.0534. The van der Waals surface area contributed by atoms with E-state index in [1.54, 1.807) is 12.1 Å². The summed E-state index contributed by atoms with van der Waals surface area (Å²) in [5.74, 6) is 0.423. The highest BCUT2D eigenvalue weighted by Crippen LogP contribution is 2.27. The van der Waals surface area contributed by atoms with Crippen LogP contribution in [0.3, 0.4) is 0 Å². The monoisotopic (exact) mass is 357 g/mol. The van der Waals surface area contributed by atoms with E-state index in [1.165, 1.54) is 24.0 Å². The van der Waals surface area contributed by atoms with Gasteiger partial charge in [0.2, 0.25) is 0 Å². The molecular weight excluding hydrogens is 334 g/mol. The largest absolute Gasteiger partial charge is 0.479 e. The maximum atomic E-state index is 12.6. The van der Waals surface area contributed by atoms with Crippen LogP contribution in [0.25, 0.3) is 0 Å². The van der Waals surface area contributed by atoms with Gasteiger partial charge in [0, 0.05) is 0 Å². The summed E-state index contributed by atoms with van der Waals surface area (Å²) in [5.41, 5.74) is 4.00. The molecule has 0 heterocycles. The van der Waals surface area contributed by atoms with Gasteiger partial charge >= 0.3 is 0 Å². The van der Waals surface area contributed by atoms with Crippen LogP contribution >= 0.6 is 11.6 Å². The van der Waals surface area contributed by atoms with Gasteiger partial charge in [-0.3, -0.25) is 4.79 Å². The van der Waals surface area contributed by atoms with Gasteiger partial charge in [0.1, 0.15) is 5.75 Å². The quantitative estimate of drug-likeness (QED) is 0.801. The van der Waals surface area contributed by atoms with Gasteiger partial charge in [-0.1, -0.05) is 48.9 Å². The van der Waals surface area contributed by atoms with Gasteiger partial charge in [0.05, 0.1) is 11.1 Å². The third-order valence-corrected chi connectivity index (χ3v) is 5.06. The van der Waals surface area contributed by atoms with Crippen molar-refractivity contribution in [3.63, 3.8) is 0 Å². The van der Waals surface area contributed by atoms with Gasteiger partial charge in [-0.25, -0.2) is 0 Å². The number of ether oxygens (including phenoxy) is 1. The summed E-state index contributed by atoms with van der Waals surface area (Å²) in [4.78, 5) is 12.6. The van der Waals surface area contributed by atoms with Gasteiger partial charge in [-0.15, -0.1) is 0 Å². The predicted octanol–water partition coefficient (Wildman–Crippen LogP) is 4.86. The van der Waals surface area contributed by atoms with Crippen molar-refractivity contribution in [2.75, 3.05) is 0 Å². The van der Waals surface area contributed by atoms with E-state index in [1.807, 2.05) is 26.0 Å². The van der Waals surface area contributed by atoms with E-state index in [0.29, 0.717) is 17.2 Å². The van der Waals surface area contributed by atoms with Crippen LogP contribution in [0.2, 0.25) is 5.02 Å². The van der Waals surface area contributed by atoms with E-state index in [2.05, 4.69) is 23.5 Å². The molecule has 1 amide bonds. The Balaban J connectivity index is 1.66. The topological polar surface area (TPSA) is 38.3 Å². The number of benzene rings is 2. The summed E-state index contributed by atoms with van der Waals surface area (Å²) >= 11 is 6.13. The molecule has 1 aliphatic rings. The lowest BCUT2D eigenvalue weighted by molar-refractivity contribution is -0.128. The van der Waals surface area contributed by atoms with Crippen molar-refractivity contribution >= 4 is 17.5 Å². The smallest absolute Gasteiger partial charge is 0.261 e. The van der Waals surface area contributed by atoms with E-state index in [-0.39, 0.29) is 11.9 Å². The lowest BCUT2D eigenvalue weighted by Gasteiger charge is -2.21. The minimum atomic E-state index is -0.559. The summed E-state index contributed by atoms with van der Waals surface area (Å²) in [6.45, 7) is 3.94. The Labute approximate surface area is 154 Å². The molecule has 3 nitrogen and oxygen atoms in total. The Kier molecular flexibility index (Phi) is 5.64. The number of para-hydroxylation sites is 1. The highest BCUT2D eigenvalue weighted by molar-refractivity contribution is 6.32. The molecular formula is C21H24ClNO2. The number of nitrogens with one attached hydrogen (secondary N) is 1. The maximum absolute atomic E-state index is 12.6. The molecule has 0 bridgehead atoms. The molecule has 2 aromatic rings. The van der Waals surface area contributed by atoms with Crippen LogP contribution in [0.15, 0.2) is 42.5 Å². The molecule has 132 valence electrons. The standard InChI is InChI=1S/C21H24ClNO2/c1-3-19(25-20-10-5-4-9-18(20)22)21(24)23-14(2)16-12-11-15-7-6-8-17(15)13-16/h4-5,9-14,19H,3,6-8H2,1-2H3,(H,23,24)/t14-,19-/m0/s1. The Hall–Kier alpha value is -2.00. The molecule has 1 N–H and O–H groups in total. The molecule has 0 aliphatic heterocycles.